The molecule has 39 heavy (non-hydrogen) atoms. The molecule has 2 aliphatic carbocycles. The van der Waals surface area contributed by atoms with E-state index in [1.165, 1.54) is 0 Å². The molecule has 1 atom stereocenters. The van der Waals surface area contributed by atoms with Gasteiger partial charge in [0.05, 0.1) is 5.41 Å². The average Bonchev–Trinajstić information content (AvgIpc) is 3.57. The van der Waals surface area contributed by atoms with E-state index >= 15 is 4.39 Å². The number of hydrogen-bond donors (Lipinski definition) is 0. The van der Waals surface area contributed by atoms with Crippen molar-refractivity contribution in [1.29, 1.82) is 0 Å². The summed E-state index contributed by atoms with van der Waals surface area (Å²) in [4.78, 5) is 0. The van der Waals surface area contributed by atoms with Crippen molar-refractivity contribution in [2.45, 2.75) is 5.41 Å². The van der Waals surface area contributed by atoms with Crippen molar-refractivity contribution in [3.05, 3.63) is 140 Å². The largest absolute Gasteiger partial charge is 0.455 e. The Hall–Kier alpha value is -3.73. The van der Waals surface area contributed by atoms with E-state index in [0.717, 1.165) is 86.2 Å². The lowest BCUT2D eigenvalue weighted by Gasteiger charge is -2.31. The lowest BCUT2D eigenvalue weighted by Crippen LogP contribution is -2.26. The van der Waals surface area contributed by atoms with Gasteiger partial charge in [0.1, 0.15) is 17.0 Å². The van der Waals surface area contributed by atoms with E-state index in [1.807, 2.05) is 24.3 Å². The van der Waals surface area contributed by atoms with Crippen molar-refractivity contribution in [1.82, 2.24) is 0 Å². The van der Waals surface area contributed by atoms with Crippen LogP contribution in [0.15, 0.2) is 116 Å². The molecular formula is C35H17Br2FO. The predicted octanol–water partition coefficient (Wildman–Crippen LogP) is 10.7. The number of para-hydroxylation sites is 1. The SMILES string of the molecule is Fc1ccc2c(c1)C1(c3ccccc3-2)c2cc(Br)c3ccccc3c2-c2c1cc(Br)c1c2oc2ccccc21. The zero-order valence-electron chi connectivity index (χ0n) is 20.4. The van der Waals surface area contributed by atoms with Crippen LogP contribution in [0.2, 0.25) is 0 Å². The van der Waals surface area contributed by atoms with Gasteiger partial charge in [-0.2, -0.15) is 0 Å². The Balaban J connectivity index is 1.60. The van der Waals surface area contributed by atoms with Gasteiger partial charge in [-0.3, -0.25) is 0 Å². The summed E-state index contributed by atoms with van der Waals surface area (Å²) in [7, 11) is 0. The topological polar surface area (TPSA) is 13.1 Å². The molecule has 0 N–H and O–H groups in total. The molecule has 9 rings (SSSR count). The maximum absolute atomic E-state index is 15.1. The second-order valence-electron chi connectivity index (χ2n) is 10.4. The summed E-state index contributed by atoms with van der Waals surface area (Å²) in [6, 6.07) is 34.9. The molecule has 1 nitrogen and oxygen atoms in total. The smallest absolute Gasteiger partial charge is 0.144 e. The third kappa shape index (κ3) is 2.55. The summed E-state index contributed by atoms with van der Waals surface area (Å²) in [5.41, 5.74) is 9.81. The molecule has 1 heterocycles. The normalized spacial score (nSPS) is 16.7. The van der Waals surface area contributed by atoms with Crippen LogP contribution in [-0.4, -0.2) is 0 Å². The van der Waals surface area contributed by atoms with Gasteiger partial charge in [-0.1, -0.05) is 105 Å². The molecule has 0 aliphatic heterocycles. The number of halogens is 3. The zero-order chi connectivity index (χ0) is 26.0. The van der Waals surface area contributed by atoms with E-state index < -0.39 is 5.41 Å². The summed E-state index contributed by atoms with van der Waals surface area (Å²) in [6.45, 7) is 0. The first-order valence-corrected chi connectivity index (χ1v) is 14.4. The summed E-state index contributed by atoms with van der Waals surface area (Å²) in [5.74, 6) is -0.236. The Morgan fingerprint density at radius 1 is 0.564 bits per heavy atom. The van der Waals surface area contributed by atoms with Gasteiger partial charge in [0, 0.05) is 25.3 Å². The lowest BCUT2D eigenvalue weighted by molar-refractivity contribution is 0.622. The molecule has 0 fully saturated rings. The molecule has 0 saturated carbocycles. The standard InChI is InChI=1S/C35H17Br2FO/c36-28-16-26-31(22-9-2-1-8-21(22)28)33-27(17-29(37)32-23-10-4-6-12-30(23)39-34(32)33)35(26)24-11-5-3-7-19(24)20-14-13-18(38)15-25(20)35/h1-17H. The van der Waals surface area contributed by atoms with Crippen molar-refractivity contribution < 1.29 is 8.81 Å². The Bertz CT molecular complexity index is 2230. The molecule has 6 aromatic carbocycles. The van der Waals surface area contributed by atoms with Crippen LogP contribution in [0.4, 0.5) is 4.39 Å². The third-order valence-electron chi connectivity index (χ3n) is 8.66. The van der Waals surface area contributed by atoms with Gasteiger partial charge >= 0.3 is 0 Å². The van der Waals surface area contributed by atoms with E-state index in [4.69, 9.17) is 4.42 Å². The van der Waals surface area contributed by atoms with Gasteiger partial charge in [0.25, 0.3) is 0 Å². The van der Waals surface area contributed by atoms with Crippen LogP contribution in [0.5, 0.6) is 0 Å². The van der Waals surface area contributed by atoms with Gasteiger partial charge in [0.2, 0.25) is 0 Å². The highest BCUT2D eigenvalue weighted by molar-refractivity contribution is 9.11. The zero-order valence-corrected chi connectivity index (χ0v) is 23.5. The van der Waals surface area contributed by atoms with Crippen LogP contribution in [-0.2, 0) is 5.41 Å². The average molecular weight is 632 g/mol. The molecule has 0 radical (unpaired) electrons. The van der Waals surface area contributed by atoms with E-state index in [-0.39, 0.29) is 5.82 Å². The quantitative estimate of drug-likeness (QED) is 0.162. The van der Waals surface area contributed by atoms with Crippen LogP contribution in [0.25, 0.3) is 55.0 Å². The molecule has 1 spiro atoms. The van der Waals surface area contributed by atoms with Gasteiger partial charge in [-0.05, 0) is 80.0 Å². The Kier molecular flexibility index (Phi) is 4.24. The second-order valence-corrected chi connectivity index (χ2v) is 12.1. The van der Waals surface area contributed by atoms with Gasteiger partial charge in [0.15, 0.2) is 0 Å². The van der Waals surface area contributed by atoms with Gasteiger partial charge < -0.3 is 4.42 Å². The highest BCUT2D eigenvalue weighted by Crippen LogP contribution is 2.66. The van der Waals surface area contributed by atoms with Crippen LogP contribution in [0, 0.1) is 5.82 Å². The molecule has 0 amide bonds. The number of benzene rings is 6. The summed E-state index contributed by atoms with van der Waals surface area (Å²) in [5, 5.41) is 4.41. The molecule has 0 saturated heterocycles. The van der Waals surface area contributed by atoms with Crippen molar-refractivity contribution in [2.75, 3.05) is 0 Å². The Morgan fingerprint density at radius 3 is 2.10 bits per heavy atom. The maximum atomic E-state index is 15.1. The van der Waals surface area contributed by atoms with Gasteiger partial charge in [-0.15, -0.1) is 0 Å². The molecule has 0 bridgehead atoms. The van der Waals surface area contributed by atoms with Crippen molar-refractivity contribution in [2.24, 2.45) is 0 Å². The Labute approximate surface area is 240 Å². The molecule has 4 heteroatoms. The van der Waals surface area contributed by atoms with Crippen LogP contribution in [0.1, 0.15) is 22.3 Å². The fraction of sp³-hybridized carbons (Fsp3) is 0.0286. The van der Waals surface area contributed by atoms with E-state index in [1.54, 1.807) is 12.1 Å². The van der Waals surface area contributed by atoms with E-state index in [9.17, 15) is 0 Å². The first kappa shape index (κ1) is 22.1. The molecule has 7 aromatic rings. The molecule has 1 unspecified atom stereocenters. The molecule has 2 aliphatic rings. The first-order chi connectivity index (χ1) is 19.1. The fourth-order valence-corrected chi connectivity index (χ4v) is 8.47. The van der Waals surface area contributed by atoms with Gasteiger partial charge in [-0.25, -0.2) is 4.39 Å². The highest BCUT2D eigenvalue weighted by Gasteiger charge is 2.53. The molecule has 184 valence electrons. The minimum absolute atomic E-state index is 0.236. The Morgan fingerprint density at radius 2 is 1.23 bits per heavy atom. The molecule has 1 aromatic heterocycles. The van der Waals surface area contributed by atoms with E-state index in [2.05, 4.69) is 98.6 Å². The maximum Gasteiger partial charge on any atom is 0.144 e. The summed E-state index contributed by atoms with van der Waals surface area (Å²) in [6.07, 6.45) is 0. The minimum Gasteiger partial charge on any atom is -0.455 e. The van der Waals surface area contributed by atoms with Crippen LogP contribution >= 0.6 is 31.9 Å². The first-order valence-electron chi connectivity index (χ1n) is 12.8. The van der Waals surface area contributed by atoms with Crippen molar-refractivity contribution in [3.63, 3.8) is 0 Å². The fourth-order valence-electron chi connectivity index (χ4n) is 7.27. The number of hydrogen-bond acceptors (Lipinski definition) is 1. The third-order valence-corrected chi connectivity index (χ3v) is 9.94. The second kappa shape index (κ2) is 7.47. The lowest BCUT2D eigenvalue weighted by atomic mass is 9.70. The van der Waals surface area contributed by atoms with Crippen molar-refractivity contribution in [3.8, 4) is 22.3 Å². The highest BCUT2D eigenvalue weighted by atomic mass is 79.9. The van der Waals surface area contributed by atoms with Crippen LogP contribution in [0.3, 0.4) is 0 Å². The number of rotatable bonds is 0. The van der Waals surface area contributed by atoms with E-state index in [0.29, 0.717) is 0 Å². The number of fused-ring (bicyclic) bond motifs is 16. The van der Waals surface area contributed by atoms with Crippen LogP contribution < -0.4 is 0 Å². The molecular weight excluding hydrogens is 615 g/mol. The predicted molar refractivity (Wildman–Crippen MR) is 163 cm³/mol. The van der Waals surface area contributed by atoms with Crippen molar-refractivity contribution >= 4 is 64.6 Å². The summed E-state index contributed by atoms with van der Waals surface area (Å²) >= 11 is 7.85. The number of furan rings is 1. The monoisotopic (exact) mass is 630 g/mol. The minimum atomic E-state index is -0.694. The summed E-state index contributed by atoms with van der Waals surface area (Å²) < 4.78 is 23.8.